The average Bonchev–Trinajstić information content (AvgIpc) is 2.55. The van der Waals surface area contributed by atoms with Gasteiger partial charge in [0.05, 0.1) is 0 Å². The number of hydrogen-bond acceptors (Lipinski definition) is 1. The van der Waals surface area contributed by atoms with Crippen molar-refractivity contribution in [2.75, 3.05) is 0 Å². The van der Waals surface area contributed by atoms with Crippen LogP contribution < -0.4 is 5.32 Å². The van der Waals surface area contributed by atoms with E-state index in [9.17, 15) is 0 Å². The molecule has 1 rings (SSSR count). The van der Waals surface area contributed by atoms with Gasteiger partial charge in [-0.05, 0) is 31.8 Å². The van der Waals surface area contributed by atoms with Crippen molar-refractivity contribution in [2.45, 2.75) is 58.9 Å². The molecule has 100 valence electrons. The third-order valence-electron chi connectivity index (χ3n) is 3.19. The van der Waals surface area contributed by atoms with E-state index < -0.39 is 0 Å². The Balaban J connectivity index is 2.67. The van der Waals surface area contributed by atoms with Crippen LogP contribution in [0.25, 0.3) is 0 Å². The lowest BCUT2D eigenvalue weighted by Gasteiger charge is -2.18. The molecule has 1 N–H and O–H groups in total. The van der Waals surface area contributed by atoms with Gasteiger partial charge in [0.25, 0.3) is 0 Å². The highest BCUT2D eigenvalue weighted by Gasteiger charge is 2.08. The third kappa shape index (κ3) is 4.95. The minimum Gasteiger partial charge on any atom is -0.382 e. The summed E-state index contributed by atoms with van der Waals surface area (Å²) in [6.45, 7) is 10.7. The summed E-state index contributed by atoms with van der Waals surface area (Å²) in [7, 11) is 0. The van der Waals surface area contributed by atoms with Crippen LogP contribution in [0.3, 0.4) is 0 Å². The van der Waals surface area contributed by atoms with E-state index in [0.717, 1.165) is 25.0 Å². The molecule has 0 amide bonds. The zero-order chi connectivity index (χ0) is 13.4. The average molecular weight is 245 g/mol. The van der Waals surface area contributed by atoms with Crippen molar-refractivity contribution < 1.29 is 0 Å². The van der Waals surface area contributed by atoms with E-state index in [1.165, 1.54) is 24.0 Å². The molecule has 0 aromatic rings. The predicted molar refractivity (Wildman–Crippen MR) is 81.5 cm³/mol. The molecule has 1 aliphatic rings. The minimum absolute atomic E-state index is 0.346. The van der Waals surface area contributed by atoms with Crippen molar-refractivity contribution in [2.24, 2.45) is 0 Å². The highest BCUT2D eigenvalue weighted by Crippen LogP contribution is 2.18. The molecule has 0 bridgehead atoms. The second-order valence-electron chi connectivity index (χ2n) is 5.03. The number of rotatable bonds is 7. The summed E-state index contributed by atoms with van der Waals surface area (Å²) in [4.78, 5) is 0. The molecule has 1 unspecified atom stereocenters. The van der Waals surface area contributed by atoms with Crippen LogP contribution in [0.5, 0.6) is 0 Å². The first-order chi connectivity index (χ1) is 8.67. The van der Waals surface area contributed by atoms with Crippen LogP contribution in [-0.4, -0.2) is 6.04 Å². The third-order valence-corrected chi connectivity index (χ3v) is 3.19. The maximum Gasteiger partial charge on any atom is 0.0482 e. The van der Waals surface area contributed by atoms with E-state index in [-0.39, 0.29) is 0 Å². The minimum atomic E-state index is 0.346. The van der Waals surface area contributed by atoms with Crippen LogP contribution >= 0.6 is 0 Å². The van der Waals surface area contributed by atoms with Crippen LogP contribution in [0.4, 0.5) is 0 Å². The molecule has 0 heterocycles. The first-order valence-corrected chi connectivity index (χ1v) is 7.18. The Bertz CT molecular complexity index is 358. The first-order valence-electron chi connectivity index (χ1n) is 7.18. The van der Waals surface area contributed by atoms with E-state index in [0.29, 0.717) is 6.04 Å². The molecule has 0 aromatic heterocycles. The molecular formula is C17H27N. The second kappa shape index (κ2) is 7.97. The van der Waals surface area contributed by atoms with Gasteiger partial charge in [-0.1, -0.05) is 63.1 Å². The summed E-state index contributed by atoms with van der Waals surface area (Å²) < 4.78 is 0. The summed E-state index contributed by atoms with van der Waals surface area (Å²) in [5.74, 6) is 0. The lowest BCUT2D eigenvalue weighted by molar-refractivity contribution is 0.667. The first kappa shape index (κ1) is 14.8. The maximum absolute atomic E-state index is 4.08. The monoisotopic (exact) mass is 245 g/mol. The smallest absolute Gasteiger partial charge is 0.0482 e. The van der Waals surface area contributed by atoms with E-state index in [2.05, 4.69) is 57.0 Å². The van der Waals surface area contributed by atoms with Crippen LogP contribution in [-0.2, 0) is 0 Å². The lowest BCUT2D eigenvalue weighted by Crippen LogP contribution is -2.26. The van der Waals surface area contributed by atoms with Gasteiger partial charge in [-0.3, -0.25) is 0 Å². The normalized spacial score (nSPS) is 16.6. The van der Waals surface area contributed by atoms with Gasteiger partial charge in [-0.15, -0.1) is 0 Å². The molecule has 0 aromatic carbocycles. The van der Waals surface area contributed by atoms with Crippen LogP contribution in [0.1, 0.15) is 52.9 Å². The van der Waals surface area contributed by atoms with Crippen molar-refractivity contribution in [3.8, 4) is 0 Å². The largest absolute Gasteiger partial charge is 0.382 e. The molecule has 18 heavy (non-hydrogen) atoms. The molecule has 0 aliphatic heterocycles. The number of nitrogens with one attached hydrogen (secondary N) is 1. The highest BCUT2D eigenvalue weighted by molar-refractivity contribution is 5.36. The number of hydrogen-bond donors (Lipinski definition) is 1. The highest BCUT2D eigenvalue weighted by atomic mass is 14.9. The van der Waals surface area contributed by atoms with Gasteiger partial charge in [0.1, 0.15) is 0 Å². The van der Waals surface area contributed by atoms with E-state index in [1.54, 1.807) is 0 Å². The van der Waals surface area contributed by atoms with E-state index in [4.69, 9.17) is 0 Å². The Morgan fingerprint density at radius 1 is 1.39 bits per heavy atom. The van der Waals surface area contributed by atoms with Gasteiger partial charge in [0.15, 0.2) is 0 Å². The van der Waals surface area contributed by atoms with Crippen molar-refractivity contribution >= 4 is 0 Å². The molecule has 0 fully saturated rings. The van der Waals surface area contributed by atoms with Gasteiger partial charge < -0.3 is 5.32 Å². The number of allylic oxidation sites excluding steroid dienone is 5. The summed E-state index contributed by atoms with van der Waals surface area (Å²) in [6, 6.07) is 0.346. The molecule has 0 saturated carbocycles. The molecule has 1 aliphatic carbocycles. The Hall–Kier alpha value is -1.24. The predicted octanol–water partition coefficient (Wildman–Crippen LogP) is 4.89. The van der Waals surface area contributed by atoms with Crippen LogP contribution in [0, 0.1) is 0 Å². The fourth-order valence-corrected chi connectivity index (χ4v) is 2.24. The Morgan fingerprint density at radius 2 is 2.17 bits per heavy atom. The van der Waals surface area contributed by atoms with Crippen molar-refractivity contribution in [3.05, 3.63) is 47.7 Å². The SMILES string of the molecule is C=C(CCC)NC(C)C1=CC(CCC)=CCC=C1. The van der Waals surface area contributed by atoms with Gasteiger partial charge in [0.2, 0.25) is 0 Å². The molecular weight excluding hydrogens is 218 g/mol. The molecule has 1 nitrogen and oxygen atoms in total. The zero-order valence-corrected chi connectivity index (χ0v) is 12.1. The Morgan fingerprint density at radius 3 is 2.83 bits per heavy atom. The van der Waals surface area contributed by atoms with Crippen LogP contribution in [0.15, 0.2) is 47.7 Å². The van der Waals surface area contributed by atoms with Gasteiger partial charge in [-0.2, -0.15) is 0 Å². The van der Waals surface area contributed by atoms with Crippen molar-refractivity contribution in [1.82, 2.24) is 5.32 Å². The summed E-state index contributed by atoms with van der Waals surface area (Å²) in [6.07, 6.45) is 14.8. The van der Waals surface area contributed by atoms with Gasteiger partial charge in [-0.25, -0.2) is 0 Å². The van der Waals surface area contributed by atoms with Gasteiger partial charge in [0, 0.05) is 11.7 Å². The Kier molecular flexibility index (Phi) is 6.56. The standard InChI is InChI=1S/C17H27N/c1-5-9-14(3)18-15(4)17-12-8-7-11-16(13-17)10-6-2/h8,11-13,15,18H,3,5-7,9-10H2,1-2,4H3. The molecule has 0 saturated heterocycles. The summed E-state index contributed by atoms with van der Waals surface area (Å²) >= 11 is 0. The lowest BCUT2D eigenvalue weighted by atomic mass is 10.0. The summed E-state index contributed by atoms with van der Waals surface area (Å²) in [5, 5.41) is 3.50. The molecule has 1 atom stereocenters. The fraction of sp³-hybridized carbons (Fsp3) is 0.529. The van der Waals surface area contributed by atoms with E-state index in [1.807, 2.05) is 0 Å². The zero-order valence-electron chi connectivity index (χ0n) is 12.1. The fourth-order valence-electron chi connectivity index (χ4n) is 2.24. The second-order valence-corrected chi connectivity index (χ2v) is 5.03. The maximum atomic E-state index is 4.08. The Labute approximate surface area is 112 Å². The van der Waals surface area contributed by atoms with E-state index >= 15 is 0 Å². The molecule has 1 heteroatoms. The quantitative estimate of drug-likeness (QED) is 0.673. The van der Waals surface area contributed by atoms with Crippen molar-refractivity contribution in [1.29, 1.82) is 0 Å². The molecule has 0 radical (unpaired) electrons. The summed E-state index contributed by atoms with van der Waals surface area (Å²) in [5.41, 5.74) is 3.97. The van der Waals surface area contributed by atoms with Gasteiger partial charge >= 0.3 is 0 Å². The topological polar surface area (TPSA) is 12.0 Å². The van der Waals surface area contributed by atoms with Crippen LogP contribution in [0.2, 0.25) is 0 Å². The molecule has 0 spiro atoms. The van der Waals surface area contributed by atoms with Crippen molar-refractivity contribution in [3.63, 3.8) is 0 Å².